The highest BCUT2D eigenvalue weighted by molar-refractivity contribution is 7.71. The summed E-state index contributed by atoms with van der Waals surface area (Å²) in [5.74, 6) is 0. The first-order valence-corrected chi connectivity index (χ1v) is 7.06. The van der Waals surface area contributed by atoms with Crippen LogP contribution in [0.1, 0.15) is 6.92 Å². The van der Waals surface area contributed by atoms with E-state index in [1.807, 2.05) is 7.05 Å². The fraction of sp³-hybridized carbons (Fsp3) is 0.500. The molecule has 19 heavy (non-hydrogen) atoms. The van der Waals surface area contributed by atoms with Crippen LogP contribution in [0.4, 0.5) is 0 Å². The van der Waals surface area contributed by atoms with Gasteiger partial charge in [-0.1, -0.05) is 12.1 Å². The predicted octanol–water partition coefficient (Wildman–Crippen LogP) is 2.39. The lowest BCUT2D eigenvalue weighted by atomic mass is 10.3. The highest BCUT2D eigenvalue weighted by Gasteiger charge is 2.18. The second-order valence-corrected chi connectivity index (χ2v) is 5.52. The average Bonchev–Trinajstić information content (AvgIpc) is 2.65. The minimum absolute atomic E-state index is 0.304. The summed E-state index contributed by atoms with van der Waals surface area (Å²) in [6, 6.07) is 8.37. The molecule has 1 aliphatic rings. The number of fused-ring (bicyclic) bond motifs is 1. The van der Waals surface area contributed by atoms with Crippen LogP contribution in [0.25, 0.3) is 11.0 Å². The second-order valence-electron chi connectivity index (χ2n) is 5.16. The Kier molecular flexibility index (Phi) is 3.43. The fourth-order valence-corrected chi connectivity index (χ4v) is 2.97. The van der Waals surface area contributed by atoms with Crippen molar-refractivity contribution in [1.82, 2.24) is 14.0 Å². The maximum Gasteiger partial charge on any atom is 0.181 e. The molecule has 1 saturated heterocycles. The molecule has 3 rings (SSSR count). The highest BCUT2D eigenvalue weighted by Crippen LogP contribution is 2.18. The number of hydrogen-bond acceptors (Lipinski definition) is 3. The Morgan fingerprint density at radius 1 is 1.32 bits per heavy atom. The summed E-state index contributed by atoms with van der Waals surface area (Å²) in [4.78, 5) is 2.40. The van der Waals surface area contributed by atoms with Gasteiger partial charge in [0.25, 0.3) is 0 Å². The summed E-state index contributed by atoms with van der Waals surface area (Å²) in [5.41, 5.74) is 2.39. The Labute approximate surface area is 118 Å². The summed E-state index contributed by atoms with van der Waals surface area (Å²) in [7, 11) is 2.03. The van der Waals surface area contributed by atoms with Gasteiger partial charge in [0.05, 0.1) is 30.4 Å². The van der Waals surface area contributed by atoms with Gasteiger partial charge in [0.15, 0.2) is 4.77 Å². The van der Waals surface area contributed by atoms with E-state index in [0.717, 1.165) is 31.1 Å². The lowest BCUT2D eigenvalue weighted by Gasteiger charge is -2.31. The lowest BCUT2D eigenvalue weighted by Crippen LogP contribution is -2.41. The zero-order chi connectivity index (χ0) is 13.4. The topological polar surface area (TPSA) is 22.3 Å². The molecule has 1 aliphatic heterocycles. The Hall–Kier alpha value is -1.17. The van der Waals surface area contributed by atoms with E-state index in [4.69, 9.17) is 17.0 Å². The first kappa shape index (κ1) is 12.8. The number of hydrogen-bond donors (Lipinski definition) is 0. The van der Waals surface area contributed by atoms with Gasteiger partial charge in [-0.3, -0.25) is 4.90 Å². The van der Waals surface area contributed by atoms with Crippen molar-refractivity contribution in [3.63, 3.8) is 0 Å². The van der Waals surface area contributed by atoms with E-state index >= 15 is 0 Å². The Morgan fingerprint density at radius 2 is 2.05 bits per heavy atom. The molecule has 1 fully saturated rings. The summed E-state index contributed by atoms with van der Waals surface area (Å²) in [6.07, 6.45) is 0.304. The average molecular weight is 277 g/mol. The number of imidazole rings is 1. The summed E-state index contributed by atoms with van der Waals surface area (Å²) in [6.45, 7) is 5.70. The predicted molar refractivity (Wildman–Crippen MR) is 78.7 cm³/mol. The van der Waals surface area contributed by atoms with Crippen LogP contribution in [0.15, 0.2) is 24.3 Å². The van der Waals surface area contributed by atoms with Gasteiger partial charge < -0.3 is 13.9 Å². The molecule has 0 unspecified atom stereocenters. The van der Waals surface area contributed by atoms with Gasteiger partial charge in [-0.2, -0.15) is 0 Å². The lowest BCUT2D eigenvalue weighted by molar-refractivity contribution is -0.0287. The van der Waals surface area contributed by atoms with Crippen LogP contribution in [0, 0.1) is 4.77 Å². The third-order valence-electron chi connectivity index (χ3n) is 3.72. The van der Waals surface area contributed by atoms with E-state index in [1.165, 1.54) is 11.0 Å². The van der Waals surface area contributed by atoms with Crippen molar-refractivity contribution in [3.05, 3.63) is 29.0 Å². The molecule has 1 aromatic heterocycles. The van der Waals surface area contributed by atoms with E-state index in [-0.39, 0.29) is 0 Å². The molecule has 0 spiro atoms. The van der Waals surface area contributed by atoms with Crippen LogP contribution in [0.3, 0.4) is 0 Å². The standard InChI is InChI=1S/C14H19N3OS/c1-11-9-16(7-8-18-11)10-17-13-6-4-3-5-12(13)15(2)14(17)19/h3-6,11H,7-10H2,1-2H3/t11-/m0/s1. The van der Waals surface area contributed by atoms with Gasteiger partial charge in [-0.05, 0) is 31.3 Å². The molecule has 0 saturated carbocycles. The Morgan fingerprint density at radius 3 is 2.79 bits per heavy atom. The SMILES string of the molecule is C[C@H]1CN(Cn2c(=S)n(C)c3ccccc32)CCO1. The first-order valence-electron chi connectivity index (χ1n) is 6.65. The minimum atomic E-state index is 0.304. The second kappa shape index (κ2) is 5.07. The number of para-hydroxylation sites is 2. The molecule has 102 valence electrons. The van der Waals surface area contributed by atoms with Gasteiger partial charge in [0.2, 0.25) is 0 Å². The van der Waals surface area contributed by atoms with Crippen molar-refractivity contribution < 1.29 is 4.74 Å². The van der Waals surface area contributed by atoms with Crippen molar-refractivity contribution in [2.75, 3.05) is 19.7 Å². The number of nitrogens with zero attached hydrogens (tertiary/aromatic N) is 3. The molecular formula is C14H19N3OS. The molecule has 1 atom stereocenters. The quantitative estimate of drug-likeness (QED) is 0.787. The van der Waals surface area contributed by atoms with Crippen LogP contribution in [0.2, 0.25) is 0 Å². The molecule has 2 heterocycles. The van der Waals surface area contributed by atoms with Crippen LogP contribution in [0.5, 0.6) is 0 Å². The van der Waals surface area contributed by atoms with Crippen LogP contribution < -0.4 is 0 Å². The van der Waals surface area contributed by atoms with Crippen molar-refractivity contribution >= 4 is 23.3 Å². The van der Waals surface area contributed by atoms with Crippen molar-refractivity contribution in [3.8, 4) is 0 Å². The van der Waals surface area contributed by atoms with Crippen LogP contribution >= 0.6 is 12.2 Å². The van der Waals surface area contributed by atoms with E-state index < -0.39 is 0 Å². The number of aromatic nitrogens is 2. The minimum Gasteiger partial charge on any atom is -0.376 e. The molecule has 0 amide bonds. The third-order valence-corrected chi connectivity index (χ3v) is 4.21. The van der Waals surface area contributed by atoms with Gasteiger partial charge in [-0.25, -0.2) is 0 Å². The zero-order valence-electron chi connectivity index (χ0n) is 11.4. The Bertz CT molecular complexity index is 646. The van der Waals surface area contributed by atoms with E-state index in [0.29, 0.717) is 6.10 Å². The van der Waals surface area contributed by atoms with Gasteiger partial charge in [0, 0.05) is 20.1 Å². The fourth-order valence-electron chi connectivity index (χ4n) is 2.72. The molecule has 0 aliphatic carbocycles. The van der Waals surface area contributed by atoms with Gasteiger partial charge in [0.1, 0.15) is 0 Å². The van der Waals surface area contributed by atoms with Crippen molar-refractivity contribution in [2.24, 2.45) is 7.05 Å². The van der Waals surface area contributed by atoms with E-state index in [1.54, 1.807) is 0 Å². The number of ether oxygens (including phenoxy) is 1. The molecule has 4 nitrogen and oxygen atoms in total. The third kappa shape index (κ3) is 2.33. The normalized spacial score (nSPS) is 21.1. The summed E-state index contributed by atoms with van der Waals surface area (Å²) < 4.78 is 10.8. The zero-order valence-corrected chi connectivity index (χ0v) is 12.2. The summed E-state index contributed by atoms with van der Waals surface area (Å²) >= 11 is 5.56. The maximum absolute atomic E-state index is 5.59. The van der Waals surface area contributed by atoms with Crippen molar-refractivity contribution in [1.29, 1.82) is 0 Å². The number of aryl methyl sites for hydroxylation is 1. The Balaban J connectivity index is 1.96. The number of morpholine rings is 1. The number of rotatable bonds is 2. The highest BCUT2D eigenvalue weighted by atomic mass is 32.1. The molecule has 0 bridgehead atoms. The molecule has 0 N–H and O–H groups in total. The van der Waals surface area contributed by atoms with Crippen molar-refractivity contribution in [2.45, 2.75) is 19.7 Å². The van der Waals surface area contributed by atoms with E-state index in [2.05, 4.69) is 45.2 Å². The number of benzene rings is 1. The first-order chi connectivity index (χ1) is 9.16. The van der Waals surface area contributed by atoms with Crippen LogP contribution in [-0.4, -0.2) is 39.8 Å². The van der Waals surface area contributed by atoms with Gasteiger partial charge >= 0.3 is 0 Å². The molecule has 5 heteroatoms. The maximum atomic E-state index is 5.59. The molecule has 0 radical (unpaired) electrons. The molecule has 2 aromatic rings. The smallest absolute Gasteiger partial charge is 0.181 e. The molecule has 1 aromatic carbocycles. The largest absolute Gasteiger partial charge is 0.376 e. The monoisotopic (exact) mass is 277 g/mol. The van der Waals surface area contributed by atoms with Crippen LogP contribution in [-0.2, 0) is 18.5 Å². The summed E-state index contributed by atoms with van der Waals surface area (Å²) in [5, 5.41) is 0. The molecular weight excluding hydrogens is 258 g/mol. The van der Waals surface area contributed by atoms with Gasteiger partial charge in [-0.15, -0.1) is 0 Å². The van der Waals surface area contributed by atoms with E-state index in [9.17, 15) is 0 Å².